The molecule has 0 saturated carbocycles. The Morgan fingerprint density at radius 2 is 0.833 bits per heavy atom. The molecule has 0 aromatic heterocycles. The summed E-state index contributed by atoms with van der Waals surface area (Å²) in [7, 11) is 0. The fourth-order valence-electron chi connectivity index (χ4n) is 2.75. The van der Waals surface area contributed by atoms with E-state index >= 15 is 0 Å². The summed E-state index contributed by atoms with van der Waals surface area (Å²) < 4.78 is 6.28. The highest BCUT2D eigenvalue weighted by Crippen LogP contribution is 2.31. The number of ether oxygens (including phenoxy) is 1. The topological polar surface area (TPSA) is 9.23 Å². The Morgan fingerprint density at radius 3 is 1.21 bits per heavy atom. The molecular weight excluding hydrogens is 292 g/mol. The van der Waals surface area contributed by atoms with E-state index in [1.807, 2.05) is 0 Å². The lowest BCUT2D eigenvalue weighted by atomic mass is 9.85. The lowest BCUT2D eigenvalue weighted by molar-refractivity contribution is 0.109. The van der Waals surface area contributed by atoms with E-state index in [0.717, 1.165) is 5.75 Å². The van der Waals surface area contributed by atoms with Crippen molar-refractivity contribution in [2.45, 2.75) is 71.8 Å². The molecule has 1 heteroatoms. The Bertz CT molecular complexity index is 662. The van der Waals surface area contributed by atoms with Gasteiger partial charge in [0.25, 0.3) is 0 Å². The average molecular weight is 325 g/mol. The van der Waals surface area contributed by atoms with Crippen molar-refractivity contribution in [3.63, 3.8) is 0 Å². The highest BCUT2D eigenvalue weighted by Gasteiger charge is 2.24. The minimum Gasteiger partial charge on any atom is -0.483 e. The third-order valence-corrected chi connectivity index (χ3v) is 4.54. The van der Waals surface area contributed by atoms with Crippen LogP contribution < -0.4 is 4.74 Å². The van der Waals surface area contributed by atoms with Crippen molar-refractivity contribution in [1.29, 1.82) is 0 Å². The smallest absolute Gasteiger partial charge is 0.128 e. The standard InChI is InChI=1S/C23H32O/c1-21(2,3)17-9-11-19(12-10-17)23(7,8)24-20-15-13-18(14-16-20)22(4,5)6/h9-16H,1-8H3. The number of hydrogen-bond acceptors (Lipinski definition) is 1. The SMILES string of the molecule is CC(C)(C)c1ccc(OC(C)(C)c2ccc(C(C)(C)C)cc2)cc1. The van der Waals surface area contributed by atoms with E-state index in [9.17, 15) is 0 Å². The van der Waals surface area contributed by atoms with Crippen LogP contribution in [0.2, 0.25) is 0 Å². The van der Waals surface area contributed by atoms with Crippen LogP contribution in [0.3, 0.4) is 0 Å². The summed E-state index contributed by atoms with van der Waals surface area (Å²) in [5.41, 5.74) is 3.83. The number of benzene rings is 2. The van der Waals surface area contributed by atoms with Crippen molar-refractivity contribution in [2.75, 3.05) is 0 Å². The molecular formula is C23H32O. The third-order valence-electron chi connectivity index (χ3n) is 4.54. The van der Waals surface area contributed by atoms with E-state index in [4.69, 9.17) is 4.74 Å². The van der Waals surface area contributed by atoms with E-state index in [-0.39, 0.29) is 16.4 Å². The average Bonchev–Trinajstić information content (AvgIpc) is 2.46. The largest absolute Gasteiger partial charge is 0.483 e. The van der Waals surface area contributed by atoms with Crippen LogP contribution in [0.25, 0.3) is 0 Å². The van der Waals surface area contributed by atoms with Gasteiger partial charge in [0.15, 0.2) is 0 Å². The molecule has 130 valence electrons. The van der Waals surface area contributed by atoms with Crippen molar-refractivity contribution >= 4 is 0 Å². The van der Waals surface area contributed by atoms with Crippen LogP contribution in [0.15, 0.2) is 48.5 Å². The second-order valence-corrected chi connectivity index (χ2v) is 9.21. The van der Waals surface area contributed by atoms with E-state index in [0.29, 0.717) is 0 Å². The number of hydrogen-bond donors (Lipinski definition) is 0. The second-order valence-electron chi connectivity index (χ2n) is 9.21. The zero-order chi connectivity index (χ0) is 18.2. The van der Waals surface area contributed by atoms with Crippen molar-refractivity contribution in [2.24, 2.45) is 0 Å². The second kappa shape index (κ2) is 6.27. The van der Waals surface area contributed by atoms with E-state index in [1.165, 1.54) is 16.7 Å². The quantitative estimate of drug-likeness (QED) is 0.618. The molecule has 24 heavy (non-hydrogen) atoms. The Balaban J connectivity index is 2.18. The van der Waals surface area contributed by atoms with Crippen LogP contribution in [0, 0.1) is 0 Å². The molecule has 0 aliphatic carbocycles. The lowest BCUT2D eigenvalue weighted by Crippen LogP contribution is -2.25. The Labute approximate surface area is 148 Å². The van der Waals surface area contributed by atoms with Crippen LogP contribution in [0.1, 0.15) is 72.1 Å². The predicted octanol–water partition coefficient (Wildman–Crippen LogP) is 6.60. The summed E-state index contributed by atoms with van der Waals surface area (Å²) >= 11 is 0. The molecule has 0 fully saturated rings. The van der Waals surface area contributed by atoms with E-state index in [1.54, 1.807) is 0 Å². The van der Waals surface area contributed by atoms with Crippen LogP contribution in [0.4, 0.5) is 0 Å². The fourth-order valence-corrected chi connectivity index (χ4v) is 2.75. The molecule has 2 rings (SSSR count). The van der Waals surface area contributed by atoms with Crippen molar-refractivity contribution in [1.82, 2.24) is 0 Å². The van der Waals surface area contributed by atoms with Gasteiger partial charge in [-0.3, -0.25) is 0 Å². The predicted molar refractivity (Wildman–Crippen MR) is 104 cm³/mol. The molecule has 2 aromatic rings. The summed E-state index contributed by atoms with van der Waals surface area (Å²) in [5.74, 6) is 0.910. The monoisotopic (exact) mass is 324 g/mol. The van der Waals surface area contributed by atoms with Gasteiger partial charge in [0, 0.05) is 0 Å². The summed E-state index contributed by atoms with van der Waals surface area (Å²) in [4.78, 5) is 0. The Hall–Kier alpha value is -1.76. The first kappa shape index (κ1) is 18.6. The minimum atomic E-state index is -0.361. The van der Waals surface area contributed by atoms with Crippen LogP contribution in [0.5, 0.6) is 5.75 Å². The Morgan fingerprint density at radius 1 is 0.500 bits per heavy atom. The molecule has 0 amide bonds. The van der Waals surface area contributed by atoms with Gasteiger partial charge in [0.05, 0.1) is 0 Å². The van der Waals surface area contributed by atoms with Crippen molar-refractivity contribution in [3.8, 4) is 5.75 Å². The summed E-state index contributed by atoms with van der Waals surface area (Å²) in [6.45, 7) is 17.6. The third kappa shape index (κ3) is 4.41. The van der Waals surface area contributed by atoms with Gasteiger partial charge in [0.1, 0.15) is 11.4 Å². The molecule has 0 saturated heterocycles. The summed E-state index contributed by atoms with van der Waals surface area (Å²) in [6.07, 6.45) is 0. The molecule has 0 heterocycles. The van der Waals surface area contributed by atoms with Crippen LogP contribution in [-0.2, 0) is 16.4 Å². The summed E-state index contributed by atoms with van der Waals surface area (Å²) in [5, 5.41) is 0. The molecule has 0 radical (unpaired) electrons. The number of rotatable bonds is 3. The van der Waals surface area contributed by atoms with Gasteiger partial charge in [-0.05, 0) is 53.5 Å². The maximum absolute atomic E-state index is 6.28. The van der Waals surface area contributed by atoms with Gasteiger partial charge < -0.3 is 4.74 Å². The zero-order valence-corrected chi connectivity index (χ0v) is 16.5. The minimum absolute atomic E-state index is 0.164. The molecule has 2 aromatic carbocycles. The maximum atomic E-state index is 6.28. The van der Waals surface area contributed by atoms with Crippen molar-refractivity contribution < 1.29 is 4.74 Å². The molecule has 0 aliphatic heterocycles. The van der Waals surface area contributed by atoms with E-state index < -0.39 is 0 Å². The molecule has 0 N–H and O–H groups in total. The molecule has 0 aliphatic rings. The first-order valence-corrected chi connectivity index (χ1v) is 8.80. The first-order chi connectivity index (χ1) is 10.9. The van der Waals surface area contributed by atoms with Crippen LogP contribution in [-0.4, -0.2) is 0 Å². The lowest BCUT2D eigenvalue weighted by Gasteiger charge is -2.29. The maximum Gasteiger partial charge on any atom is 0.128 e. The highest BCUT2D eigenvalue weighted by atomic mass is 16.5. The van der Waals surface area contributed by atoms with Gasteiger partial charge in [-0.25, -0.2) is 0 Å². The van der Waals surface area contributed by atoms with Gasteiger partial charge >= 0.3 is 0 Å². The van der Waals surface area contributed by atoms with Crippen molar-refractivity contribution in [3.05, 3.63) is 65.2 Å². The highest BCUT2D eigenvalue weighted by molar-refractivity contribution is 5.34. The fraction of sp³-hybridized carbons (Fsp3) is 0.478. The molecule has 0 bridgehead atoms. The van der Waals surface area contributed by atoms with Gasteiger partial charge in [-0.2, -0.15) is 0 Å². The zero-order valence-electron chi connectivity index (χ0n) is 16.5. The Kier molecular flexibility index (Phi) is 4.86. The van der Waals surface area contributed by atoms with E-state index in [2.05, 4.69) is 104 Å². The molecule has 0 unspecified atom stereocenters. The first-order valence-electron chi connectivity index (χ1n) is 8.80. The molecule has 1 nitrogen and oxygen atoms in total. The summed E-state index contributed by atoms with van der Waals surface area (Å²) in [6, 6.07) is 17.3. The molecule has 0 atom stereocenters. The van der Waals surface area contributed by atoms with Crippen LogP contribution >= 0.6 is 0 Å². The molecule has 0 spiro atoms. The normalized spacial score (nSPS) is 13.0. The van der Waals surface area contributed by atoms with Gasteiger partial charge in [0.2, 0.25) is 0 Å². The van der Waals surface area contributed by atoms with Gasteiger partial charge in [-0.1, -0.05) is 77.9 Å². The van der Waals surface area contributed by atoms with Gasteiger partial charge in [-0.15, -0.1) is 0 Å².